The molecule has 0 aromatic carbocycles. The quantitative estimate of drug-likeness (QED) is 0.698. The van der Waals surface area contributed by atoms with Crippen LogP contribution < -0.4 is 5.32 Å². The van der Waals surface area contributed by atoms with E-state index >= 15 is 0 Å². The van der Waals surface area contributed by atoms with Crippen LogP contribution in [0, 0.1) is 5.41 Å². The monoisotopic (exact) mass is 300 g/mol. The van der Waals surface area contributed by atoms with Crippen LogP contribution in [0.5, 0.6) is 0 Å². The summed E-state index contributed by atoms with van der Waals surface area (Å²) in [6.07, 6.45) is 4.07. The minimum absolute atomic E-state index is 0.156. The molecule has 1 aliphatic rings. The Kier molecular flexibility index (Phi) is 6.01. The molecule has 1 saturated carbocycles. The maximum atomic E-state index is 12.2. The van der Waals surface area contributed by atoms with Gasteiger partial charge in [-0.15, -0.1) is 0 Å². The van der Waals surface area contributed by atoms with Gasteiger partial charge in [0.15, 0.2) is 0 Å². The molecule has 1 fully saturated rings. The predicted octanol–water partition coefficient (Wildman–Crippen LogP) is 1.82. The highest BCUT2D eigenvalue weighted by Crippen LogP contribution is 2.36. The fourth-order valence-electron chi connectivity index (χ4n) is 2.85. The first-order valence-electron chi connectivity index (χ1n) is 7.69. The Morgan fingerprint density at radius 2 is 1.81 bits per heavy atom. The second-order valence-electron chi connectivity index (χ2n) is 6.63. The second kappa shape index (κ2) is 7.11. The van der Waals surface area contributed by atoms with E-state index in [0.717, 1.165) is 19.3 Å². The lowest BCUT2D eigenvalue weighted by atomic mass is 9.74. The second-order valence-corrected chi connectivity index (χ2v) is 6.63. The summed E-state index contributed by atoms with van der Waals surface area (Å²) >= 11 is 0. The number of hydrogen-bond donors (Lipinski definition) is 3. The molecule has 0 atom stereocenters. The van der Waals surface area contributed by atoms with Gasteiger partial charge in [0, 0.05) is 13.1 Å². The van der Waals surface area contributed by atoms with E-state index in [1.54, 1.807) is 13.8 Å². The summed E-state index contributed by atoms with van der Waals surface area (Å²) in [6, 6.07) is -0.314. The van der Waals surface area contributed by atoms with E-state index in [0.29, 0.717) is 19.4 Å². The highest BCUT2D eigenvalue weighted by atomic mass is 16.4. The molecule has 1 rings (SSSR count). The zero-order valence-electron chi connectivity index (χ0n) is 13.3. The first kappa shape index (κ1) is 17.8. The molecule has 0 aliphatic heterocycles. The number of rotatable bonds is 6. The SMILES string of the molecule is CCN(CC(C)(C)O)C(=O)NCC1(C(=O)O)CCCCC1. The number of nitrogens with one attached hydrogen (secondary N) is 1. The van der Waals surface area contributed by atoms with Crippen LogP contribution in [0.25, 0.3) is 0 Å². The van der Waals surface area contributed by atoms with Gasteiger partial charge in [-0.25, -0.2) is 4.79 Å². The lowest BCUT2D eigenvalue weighted by molar-refractivity contribution is -0.150. The van der Waals surface area contributed by atoms with Gasteiger partial charge >= 0.3 is 12.0 Å². The lowest BCUT2D eigenvalue weighted by Crippen LogP contribution is -2.51. The van der Waals surface area contributed by atoms with Crippen LogP contribution in [0.1, 0.15) is 52.9 Å². The van der Waals surface area contributed by atoms with Crippen LogP contribution in [0.2, 0.25) is 0 Å². The maximum Gasteiger partial charge on any atom is 0.317 e. The number of hydrogen-bond acceptors (Lipinski definition) is 3. The van der Waals surface area contributed by atoms with E-state index in [1.165, 1.54) is 4.90 Å². The molecule has 0 bridgehead atoms. The van der Waals surface area contributed by atoms with Crippen molar-refractivity contribution in [3.05, 3.63) is 0 Å². The number of carbonyl (C=O) groups is 2. The summed E-state index contributed by atoms with van der Waals surface area (Å²) in [5.74, 6) is -0.826. The van der Waals surface area contributed by atoms with Crippen LogP contribution in [0.4, 0.5) is 4.79 Å². The normalized spacial score (nSPS) is 18.1. The van der Waals surface area contributed by atoms with Crippen molar-refractivity contribution in [3.8, 4) is 0 Å². The van der Waals surface area contributed by atoms with E-state index in [-0.39, 0.29) is 19.1 Å². The number of likely N-dealkylation sites (N-methyl/N-ethyl adjacent to an activating group) is 1. The van der Waals surface area contributed by atoms with Crippen LogP contribution in [-0.4, -0.2) is 52.3 Å². The molecule has 1 aliphatic carbocycles. The molecule has 0 radical (unpaired) electrons. The Balaban J connectivity index is 2.62. The Morgan fingerprint density at radius 1 is 1.24 bits per heavy atom. The Hall–Kier alpha value is -1.30. The molecule has 0 unspecified atom stereocenters. The first-order chi connectivity index (χ1) is 9.70. The molecule has 6 nitrogen and oxygen atoms in total. The summed E-state index contributed by atoms with van der Waals surface area (Å²) in [6.45, 7) is 5.96. The summed E-state index contributed by atoms with van der Waals surface area (Å²) in [4.78, 5) is 25.2. The van der Waals surface area contributed by atoms with Crippen molar-refractivity contribution in [1.29, 1.82) is 0 Å². The van der Waals surface area contributed by atoms with Crippen molar-refractivity contribution >= 4 is 12.0 Å². The van der Waals surface area contributed by atoms with E-state index in [1.807, 2.05) is 6.92 Å². The number of aliphatic hydroxyl groups is 1. The smallest absolute Gasteiger partial charge is 0.317 e. The molecule has 122 valence electrons. The van der Waals surface area contributed by atoms with Crippen LogP contribution in [0.15, 0.2) is 0 Å². The highest BCUT2D eigenvalue weighted by Gasteiger charge is 2.40. The van der Waals surface area contributed by atoms with Crippen molar-refractivity contribution in [1.82, 2.24) is 10.2 Å². The third kappa shape index (κ3) is 5.19. The fraction of sp³-hybridized carbons (Fsp3) is 0.867. The molecule has 6 heteroatoms. The molecule has 2 amide bonds. The standard InChI is InChI=1S/C15H28N2O4/c1-4-17(11-14(2,3)21)13(20)16-10-15(12(18)19)8-6-5-7-9-15/h21H,4-11H2,1-3H3,(H,16,20)(H,18,19). The number of carbonyl (C=O) groups excluding carboxylic acids is 1. The van der Waals surface area contributed by atoms with Crippen molar-refractivity contribution in [2.75, 3.05) is 19.6 Å². The predicted molar refractivity (Wildman–Crippen MR) is 80.1 cm³/mol. The van der Waals surface area contributed by atoms with E-state index in [4.69, 9.17) is 0 Å². The number of carboxylic acids is 1. The molecule has 0 spiro atoms. The summed E-state index contributed by atoms with van der Waals surface area (Å²) in [5, 5.41) is 22.0. The maximum absolute atomic E-state index is 12.2. The zero-order valence-corrected chi connectivity index (χ0v) is 13.3. The van der Waals surface area contributed by atoms with E-state index in [9.17, 15) is 19.8 Å². The third-order valence-corrected chi connectivity index (χ3v) is 4.09. The molecule has 0 aromatic heterocycles. The number of aliphatic carboxylic acids is 1. The number of urea groups is 1. The van der Waals surface area contributed by atoms with Gasteiger partial charge in [-0.3, -0.25) is 4.79 Å². The van der Waals surface area contributed by atoms with Crippen LogP contribution in [0.3, 0.4) is 0 Å². The molecule has 0 saturated heterocycles. The fourth-order valence-corrected chi connectivity index (χ4v) is 2.85. The highest BCUT2D eigenvalue weighted by molar-refractivity contribution is 5.78. The molecule has 0 heterocycles. The van der Waals surface area contributed by atoms with Crippen molar-refractivity contribution < 1.29 is 19.8 Å². The third-order valence-electron chi connectivity index (χ3n) is 4.09. The summed E-state index contributed by atoms with van der Waals surface area (Å²) in [7, 11) is 0. The molecule has 21 heavy (non-hydrogen) atoms. The summed E-state index contributed by atoms with van der Waals surface area (Å²) in [5.41, 5.74) is -1.80. The van der Waals surface area contributed by atoms with Crippen LogP contribution in [-0.2, 0) is 4.79 Å². The van der Waals surface area contributed by atoms with Crippen molar-refractivity contribution in [3.63, 3.8) is 0 Å². The largest absolute Gasteiger partial charge is 0.481 e. The molecule has 0 aromatic rings. The topological polar surface area (TPSA) is 89.9 Å². The van der Waals surface area contributed by atoms with Crippen LogP contribution >= 0.6 is 0 Å². The zero-order chi connectivity index (χ0) is 16.1. The number of nitrogens with zero attached hydrogens (tertiary/aromatic N) is 1. The first-order valence-corrected chi connectivity index (χ1v) is 7.69. The number of carboxylic acid groups (broad SMARTS) is 1. The van der Waals surface area contributed by atoms with Gasteiger partial charge in [0.05, 0.1) is 17.6 Å². The van der Waals surface area contributed by atoms with Gasteiger partial charge in [0.25, 0.3) is 0 Å². The molecule has 3 N–H and O–H groups in total. The van der Waals surface area contributed by atoms with Crippen molar-refractivity contribution in [2.45, 2.75) is 58.5 Å². The minimum Gasteiger partial charge on any atom is -0.481 e. The lowest BCUT2D eigenvalue weighted by Gasteiger charge is -2.34. The average molecular weight is 300 g/mol. The molecular formula is C15H28N2O4. The Labute approximate surface area is 126 Å². The average Bonchev–Trinajstić information content (AvgIpc) is 2.42. The minimum atomic E-state index is -0.970. The Bertz CT molecular complexity index is 370. The molecular weight excluding hydrogens is 272 g/mol. The van der Waals surface area contributed by atoms with E-state index in [2.05, 4.69) is 5.32 Å². The van der Waals surface area contributed by atoms with Gasteiger partial charge < -0.3 is 20.4 Å². The van der Waals surface area contributed by atoms with Gasteiger partial charge in [-0.2, -0.15) is 0 Å². The van der Waals surface area contributed by atoms with Gasteiger partial charge in [0.1, 0.15) is 0 Å². The van der Waals surface area contributed by atoms with Gasteiger partial charge in [-0.1, -0.05) is 19.3 Å². The van der Waals surface area contributed by atoms with Crippen molar-refractivity contribution in [2.24, 2.45) is 5.41 Å². The van der Waals surface area contributed by atoms with E-state index < -0.39 is 17.0 Å². The number of amides is 2. The van der Waals surface area contributed by atoms with Gasteiger partial charge in [-0.05, 0) is 33.6 Å². The van der Waals surface area contributed by atoms with Gasteiger partial charge in [0.2, 0.25) is 0 Å². The Morgan fingerprint density at radius 3 is 2.24 bits per heavy atom. The summed E-state index contributed by atoms with van der Waals surface area (Å²) < 4.78 is 0.